The highest BCUT2D eigenvalue weighted by atomic mass is 16.5. The average molecular weight is 452 g/mol. The molecule has 0 aliphatic heterocycles. The molecule has 1 fully saturated rings. The van der Waals surface area contributed by atoms with Crippen LogP contribution in [0, 0.1) is 5.92 Å². The first-order valence-electron chi connectivity index (χ1n) is 11.1. The Bertz CT molecular complexity index is 997. The second-order valence-electron chi connectivity index (χ2n) is 8.09. The molecule has 2 aromatic rings. The van der Waals surface area contributed by atoms with E-state index in [1.165, 1.54) is 13.5 Å². The molecule has 0 unspecified atom stereocenters. The number of methoxy groups -OCH3 is 1. The monoisotopic (exact) mass is 451 g/mol. The summed E-state index contributed by atoms with van der Waals surface area (Å²) < 4.78 is 4.48. The molecule has 8 heteroatoms. The Kier molecular flexibility index (Phi) is 8.57. The second-order valence-corrected chi connectivity index (χ2v) is 8.09. The van der Waals surface area contributed by atoms with Crippen LogP contribution in [0.5, 0.6) is 0 Å². The lowest BCUT2D eigenvalue weighted by atomic mass is 9.88. The number of hydrogen-bond acceptors (Lipinski definition) is 5. The lowest BCUT2D eigenvalue weighted by Gasteiger charge is -2.20. The van der Waals surface area contributed by atoms with Crippen LogP contribution in [0.4, 0.5) is 11.4 Å². The first-order chi connectivity index (χ1) is 15.9. The molecule has 0 spiro atoms. The Hall–Kier alpha value is -3.68. The van der Waals surface area contributed by atoms with Gasteiger partial charge in [0.2, 0.25) is 11.8 Å². The van der Waals surface area contributed by atoms with Crippen molar-refractivity contribution in [2.24, 2.45) is 5.92 Å². The highest BCUT2D eigenvalue weighted by Gasteiger charge is 2.21. The van der Waals surface area contributed by atoms with Crippen molar-refractivity contribution < 1.29 is 23.9 Å². The fourth-order valence-electron chi connectivity index (χ4n) is 3.75. The summed E-state index contributed by atoms with van der Waals surface area (Å²) in [7, 11) is 1.26. The van der Waals surface area contributed by atoms with Gasteiger partial charge in [0.25, 0.3) is 5.91 Å². The molecule has 1 aliphatic rings. The van der Waals surface area contributed by atoms with Gasteiger partial charge in [0, 0.05) is 22.9 Å². The van der Waals surface area contributed by atoms with Gasteiger partial charge in [0.05, 0.1) is 13.5 Å². The third-order valence-electron chi connectivity index (χ3n) is 5.60. The fraction of sp³-hybridized carbons (Fsp3) is 0.360. The van der Waals surface area contributed by atoms with Crippen LogP contribution in [0.1, 0.15) is 48.0 Å². The Morgan fingerprint density at radius 1 is 0.909 bits per heavy atom. The molecule has 3 amide bonds. The van der Waals surface area contributed by atoms with E-state index in [1.54, 1.807) is 48.5 Å². The van der Waals surface area contributed by atoms with Crippen molar-refractivity contribution in [3.05, 3.63) is 59.7 Å². The molecule has 1 aliphatic carbocycles. The summed E-state index contributed by atoms with van der Waals surface area (Å²) in [5.41, 5.74) is 2.35. The Morgan fingerprint density at radius 3 is 2.33 bits per heavy atom. The first-order valence-corrected chi connectivity index (χ1v) is 11.1. The zero-order valence-electron chi connectivity index (χ0n) is 18.7. The van der Waals surface area contributed by atoms with E-state index < -0.39 is 5.97 Å². The van der Waals surface area contributed by atoms with Crippen molar-refractivity contribution >= 4 is 35.1 Å². The third-order valence-corrected chi connectivity index (χ3v) is 5.60. The normalized spacial score (nSPS) is 13.6. The lowest BCUT2D eigenvalue weighted by Crippen LogP contribution is -2.31. The predicted octanol–water partition coefficient (Wildman–Crippen LogP) is 3.29. The van der Waals surface area contributed by atoms with E-state index >= 15 is 0 Å². The van der Waals surface area contributed by atoms with Gasteiger partial charge in [-0.2, -0.15) is 0 Å². The highest BCUT2D eigenvalue weighted by Crippen LogP contribution is 2.25. The van der Waals surface area contributed by atoms with Crippen LogP contribution in [0.25, 0.3) is 0 Å². The highest BCUT2D eigenvalue weighted by molar-refractivity contribution is 6.05. The summed E-state index contributed by atoms with van der Waals surface area (Å²) in [6.45, 7) is -0.177. The molecule has 0 atom stereocenters. The zero-order chi connectivity index (χ0) is 23.6. The predicted molar refractivity (Wildman–Crippen MR) is 125 cm³/mol. The molecule has 1 saturated carbocycles. The van der Waals surface area contributed by atoms with Crippen molar-refractivity contribution in [3.63, 3.8) is 0 Å². The number of carbonyl (C=O) groups excluding carboxylic acids is 4. The van der Waals surface area contributed by atoms with Crippen LogP contribution in [0.2, 0.25) is 0 Å². The molecule has 3 N–H and O–H groups in total. The summed E-state index contributed by atoms with van der Waals surface area (Å²) in [5.74, 6) is -1.06. The quantitative estimate of drug-likeness (QED) is 0.533. The number of benzene rings is 2. The summed E-state index contributed by atoms with van der Waals surface area (Å²) >= 11 is 0. The van der Waals surface area contributed by atoms with Gasteiger partial charge in [-0.3, -0.25) is 19.2 Å². The van der Waals surface area contributed by atoms with Crippen LogP contribution in [0.3, 0.4) is 0 Å². The maximum atomic E-state index is 12.7. The maximum absolute atomic E-state index is 12.7. The van der Waals surface area contributed by atoms with Crippen LogP contribution < -0.4 is 16.0 Å². The molecule has 0 bridgehead atoms. The average Bonchev–Trinajstić information content (AvgIpc) is 2.84. The number of amides is 3. The van der Waals surface area contributed by atoms with Gasteiger partial charge in [-0.05, 0) is 48.7 Å². The molecule has 0 radical (unpaired) electrons. The molecule has 0 aromatic heterocycles. The van der Waals surface area contributed by atoms with E-state index in [-0.39, 0.29) is 36.6 Å². The molecule has 174 valence electrons. The van der Waals surface area contributed by atoms with Crippen molar-refractivity contribution in [2.45, 2.75) is 38.5 Å². The summed E-state index contributed by atoms with van der Waals surface area (Å²) in [6.07, 6.45) is 5.27. The van der Waals surface area contributed by atoms with Gasteiger partial charge in [0.1, 0.15) is 6.54 Å². The van der Waals surface area contributed by atoms with Crippen molar-refractivity contribution in [1.29, 1.82) is 0 Å². The van der Waals surface area contributed by atoms with E-state index in [9.17, 15) is 19.2 Å². The molecular formula is C25H29N3O5. The zero-order valence-corrected chi connectivity index (χ0v) is 18.7. The van der Waals surface area contributed by atoms with Crippen molar-refractivity contribution in [2.75, 3.05) is 24.3 Å². The minimum atomic E-state index is -0.515. The smallest absolute Gasteiger partial charge is 0.325 e. The van der Waals surface area contributed by atoms with Crippen molar-refractivity contribution in [1.82, 2.24) is 5.32 Å². The minimum absolute atomic E-state index is 0.0125. The van der Waals surface area contributed by atoms with Gasteiger partial charge in [0.15, 0.2) is 0 Å². The van der Waals surface area contributed by atoms with E-state index in [1.807, 2.05) is 0 Å². The first kappa shape index (κ1) is 24.0. The Morgan fingerprint density at radius 2 is 1.64 bits per heavy atom. The third kappa shape index (κ3) is 7.45. The Labute approximate surface area is 193 Å². The number of ether oxygens (including phenoxy) is 1. The number of esters is 1. The maximum Gasteiger partial charge on any atom is 0.325 e. The second kappa shape index (κ2) is 11.8. The Balaban J connectivity index is 1.53. The summed E-state index contributed by atoms with van der Waals surface area (Å²) in [5, 5.41) is 8.23. The fourth-order valence-corrected chi connectivity index (χ4v) is 3.75. The number of anilines is 2. The van der Waals surface area contributed by atoms with Gasteiger partial charge >= 0.3 is 5.97 Å². The lowest BCUT2D eigenvalue weighted by molar-refractivity contribution is -0.141. The number of nitrogens with one attached hydrogen (secondary N) is 3. The van der Waals surface area contributed by atoms with Gasteiger partial charge in [-0.25, -0.2) is 0 Å². The summed E-state index contributed by atoms with van der Waals surface area (Å²) in [4.78, 5) is 48.1. The number of carbonyl (C=O) groups is 4. The van der Waals surface area contributed by atoms with Crippen LogP contribution in [0.15, 0.2) is 48.5 Å². The molecule has 0 saturated heterocycles. The largest absolute Gasteiger partial charge is 0.468 e. The van der Waals surface area contributed by atoms with E-state index in [0.29, 0.717) is 16.9 Å². The van der Waals surface area contributed by atoms with Gasteiger partial charge < -0.3 is 20.7 Å². The van der Waals surface area contributed by atoms with E-state index in [0.717, 1.165) is 31.2 Å². The molecule has 2 aromatic carbocycles. The van der Waals surface area contributed by atoms with E-state index in [2.05, 4.69) is 20.7 Å². The molecule has 0 heterocycles. The molecule has 3 rings (SSSR count). The van der Waals surface area contributed by atoms with Crippen molar-refractivity contribution in [3.8, 4) is 0 Å². The van der Waals surface area contributed by atoms with Crippen LogP contribution in [-0.4, -0.2) is 37.3 Å². The van der Waals surface area contributed by atoms with E-state index in [4.69, 9.17) is 0 Å². The SMILES string of the molecule is COC(=O)CNC(=O)Cc1ccc(NC(=O)c2cccc(NC(=O)C3CCCCC3)c2)cc1. The van der Waals surface area contributed by atoms with Gasteiger partial charge in [-0.1, -0.05) is 37.5 Å². The molecule has 8 nitrogen and oxygen atoms in total. The van der Waals surface area contributed by atoms with Gasteiger partial charge in [-0.15, -0.1) is 0 Å². The topological polar surface area (TPSA) is 114 Å². The minimum Gasteiger partial charge on any atom is -0.468 e. The summed E-state index contributed by atoms with van der Waals surface area (Å²) in [6, 6.07) is 13.7. The standard InChI is InChI=1S/C25H29N3O5/c1-33-23(30)16-26-22(29)14-17-10-12-20(13-11-17)27-25(32)19-8-5-9-21(15-19)28-24(31)18-6-3-2-4-7-18/h5,8-13,15,18H,2-4,6-7,14,16H2,1H3,(H,26,29)(H,27,32)(H,28,31). The number of hydrogen-bond donors (Lipinski definition) is 3. The van der Waals surface area contributed by atoms with Crippen LogP contribution in [-0.2, 0) is 25.5 Å². The number of rotatable bonds is 8. The molecule has 33 heavy (non-hydrogen) atoms. The van der Waals surface area contributed by atoms with Crippen LogP contribution >= 0.6 is 0 Å². The molecular weight excluding hydrogens is 422 g/mol.